The fraction of sp³-hybridized carbons (Fsp3) is 0.167. The summed E-state index contributed by atoms with van der Waals surface area (Å²) in [5.41, 5.74) is 7.81. The minimum Gasteiger partial charge on any atom is -0.435 e. The average molecular weight is 447 g/mol. The lowest BCUT2D eigenvalue weighted by atomic mass is 10.1. The summed E-state index contributed by atoms with van der Waals surface area (Å²) in [5, 5.41) is 1.10. The van der Waals surface area contributed by atoms with Crippen molar-refractivity contribution in [2.24, 2.45) is 0 Å². The molecule has 6 aromatic rings. The van der Waals surface area contributed by atoms with Crippen molar-refractivity contribution in [2.75, 3.05) is 0 Å². The van der Waals surface area contributed by atoms with E-state index < -0.39 is 0 Å². The lowest BCUT2D eigenvalue weighted by Crippen LogP contribution is -1.77. The minimum absolute atomic E-state index is 0.708. The Morgan fingerprint density at radius 1 is 0.667 bits per heavy atom. The van der Waals surface area contributed by atoms with Crippen LogP contribution in [0, 0.1) is 27.7 Å². The number of hydrogen-bond donors (Lipinski definition) is 0. The molecule has 0 unspecified atom stereocenters. The largest absolute Gasteiger partial charge is 0.435 e. The minimum atomic E-state index is 0.708. The Morgan fingerprint density at radius 3 is 2.13 bits per heavy atom. The number of oxazole rings is 1. The molecule has 2 aromatic carbocycles. The van der Waals surface area contributed by atoms with E-state index in [0.717, 1.165) is 32.1 Å². The third-order valence-electron chi connectivity index (χ3n) is 5.27. The Balaban J connectivity index is 1.42. The fourth-order valence-corrected chi connectivity index (χ4v) is 7.39. The molecule has 3 nitrogen and oxygen atoms in total. The van der Waals surface area contributed by atoms with Gasteiger partial charge < -0.3 is 4.42 Å². The lowest BCUT2D eigenvalue weighted by Gasteiger charge is -1.95. The summed E-state index contributed by atoms with van der Waals surface area (Å²) in [4.78, 5) is 12.0. The molecule has 0 saturated carbocycles. The second kappa shape index (κ2) is 6.48. The van der Waals surface area contributed by atoms with E-state index in [1.807, 2.05) is 0 Å². The summed E-state index contributed by atoms with van der Waals surface area (Å²) in [6.45, 7) is 8.46. The van der Waals surface area contributed by atoms with Gasteiger partial charge in [0.15, 0.2) is 5.58 Å². The van der Waals surface area contributed by atoms with Gasteiger partial charge in [0, 0.05) is 9.40 Å². The smallest absolute Gasteiger partial charge is 0.237 e. The summed E-state index contributed by atoms with van der Waals surface area (Å²) in [5.74, 6) is 0.708. The third-order valence-corrected chi connectivity index (χ3v) is 8.93. The average Bonchev–Trinajstić information content (AvgIpc) is 3.41. The van der Waals surface area contributed by atoms with Gasteiger partial charge in [-0.05, 0) is 74.2 Å². The van der Waals surface area contributed by atoms with Crippen molar-refractivity contribution in [3.63, 3.8) is 0 Å². The van der Waals surface area contributed by atoms with E-state index in [4.69, 9.17) is 14.4 Å². The first kappa shape index (κ1) is 18.2. The predicted molar refractivity (Wildman–Crippen MR) is 130 cm³/mol. The summed E-state index contributed by atoms with van der Waals surface area (Å²) in [7, 11) is 0. The summed E-state index contributed by atoms with van der Waals surface area (Å²) in [6.07, 6.45) is 0. The first-order valence-electron chi connectivity index (χ1n) is 9.74. The first-order chi connectivity index (χ1) is 14.4. The molecule has 0 radical (unpaired) electrons. The van der Waals surface area contributed by atoms with Gasteiger partial charge in [-0.15, -0.1) is 34.0 Å². The van der Waals surface area contributed by atoms with Gasteiger partial charge >= 0.3 is 0 Å². The summed E-state index contributed by atoms with van der Waals surface area (Å²) in [6, 6.07) is 13.1. The van der Waals surface area contributed by atoms with Crippen LogP contribution in [0.2, 0.25) is 0 Å². The van der Waals surface area contributed by atoms with Crippen LogP contribution in [-0.4, -0.2) is 9.97 Å². The molecule has 0 aliphatic heterocycles. The number of benzene rings is 2. The monoisotopic (exact) mass is 446 g/mol. The lowest BCUT2D eigenvalue weighted by molar-refractivity contribution is 0.619. The molecule has 0 fully saturated rings. The van der Waals surface area contributed by atoms with Crippen molar-refractivity contribution in [1.29, 1.82) is 0 Å². The van der Waals surface area contributed by atoms with Gasteiger partial charge in [0.25, 0.3) is 0 Å². The van der Waals surface area contributed by atoms with E-state index in [9.17, 15) is 0 Å². The Bertz CT molecular complexity index is 1450. The highest BCUT2D eigenvalue weighted by atomic mass is 32.1. The van der Waals surface area contributed by atoms with Gasteiger partial charge in [0.05, 0.1) is 20.0 Å². The van der Waals surface area contributed by atoms with Crippen LogP contribution >= 0.6 is 34.0 Å². The van der Waals surface area contributed by atoms with Crippen molar-refractivity contribution in [1.82, 2.24) is 9.97 Å². The van der Waals surface area contributed by atoms with Crippen molar-refractivity contribution >= 4 is 64.7 Å². The van der Waals surface area contributed by atoms with Crippen LogP contribution in [0.15, 0.2) is 40.8 Å². The van der Waals surface area contributed by atoms with E-state index in [-0.39, 0.29) is 0 Å². The maximum Gasteiger partial charge on any atom is 0.237 e. The van der Waals surface area contributed by atoms with E-state index in [2.05, 4.69) is 64.1 Å². The zero-order chi connectivity index (χ0) is 20.6. The molecule has 6 heteroatoms. The highest BCUT2D eigenvalue weighted by Crippen LogP contribution is 2.44. The van der Waals surface area contributed by atoms with E-state index in [1.54, 1.807) is 34.0 Å². The fourth-order valence-electron chi connectivity index (χ4n) is 4.01. The van der Waals surface area contributed by atoms with Crippen LogP contribution in [0.1, 0.15) is 22.3 Å². The SMILES string of the molecule is Cc1cc(C)c2oc(-c3cc4sc(-c5nc6cc(C)cc(C)c6s5)cc4s3)nc2c1. The topological polar surface area (TPSA) is 38.9 Å². The molecule has 4 heterocycles. The van der Waals surface area contributed by atoms with Crippen LogP contribution in [-0.2, 0) is 0 Å². The first-order valence-corrected chi connectivity index (χ1v) is 12.2. The zero-order valence-corrected chi connectivity index (χ0v) is 19.4. The number of nitrogens with zero attached hydrogens (tertiary/aromatic N) is 2. The highest BCUT2D eigenvalue weighted by molar-refractivity contribution is 7.32. The number of fused-ring (bicyclic) bond motifs is 3. The van der Waals surface area contributed by atoms with Crippen LogP contribution in [0.5, 0.6) is 0 Å². The predicted octanol–water partition coefficient (Wildman–Crippen LogP) is 8.28. The van der Waals surface area contributed by atoms with Crippen molar-refractivity contribution < 1.29 is 4.42 Å². The van der Waals surface area contributed by atoms with Gasteiger partial charge in [-0.3, -0.25) is 0 Å². The number of aryl methyl sites for hydroxylation is 4. The Hall–Kier alpha value is -2.54. The quantitative estimate of drug-likeness (QED) is 0.268. The van der Waals surface area contributed by atoms with Crippen LogP contribution in [0.25, 0.3) is 51.4 Å². The maximum atomic E-state index is 6.11. The maximum absolute atomic E-state index is 6.11. The molecule has 0 spiro atoms. The molecule has 0 atom stereocenters. The standard InChI is InChI=1S/C24H18N2OS3/c1-11-5-13(3)21-15(7-11)25-23(27-21)19-9-17-18(28-19)10-20(29-17)24-26-16-8-12(2)6-14(4)22(16)30-24/h5-10H,1-4H3. The zero-order valence-electron chi connectivity index (χ0n) is 17.0. The second-order valence-electron chi connectivity index (χ2n) is 7.85. The summed E-state index contributed by atoms with van der Waals surface area (Å²) >= 11 is 5.31. The van der Waals surface area contributed by atoms with Gasteiger partial charge in [0.1, 0.15) is 10.5 Å². The molecule has 0 N–H and O–H groups in total. The van der Waals surface area contributed by atoms with Crippen molar-refractivity contribution in [3.05, 3.63) is 58.7 Å². The number of rotatable bonds is 2. The van der Waals surface area contributed by atoms with Crippen molar-refractivity contribution in [2.45, 2.75) is 27.7 Å². The Labute approximate surface area is 185 Å². The third kappa shape index (κ3) is 2.82. The van der Waals surface area contributed by atoms with Crippen LogP contribution < -0.4 is 0 Å². The van der Waals surface area contributed by atoms with Gasteiger partial charge in [-0.2, -0.15) is 0 Å². The van der Waals surface area contributed by atoms with Gasteiger partial charge in [-0.25, -0.2) is 9.97 Å². The number of hydrogen-bond acceptors (Lipinski definition) is 6. The molecule has 30 heavy (non-hydrogen) atoms. The molecular formula is C24H18N2OS3. The van der Waals surface area contributed by atoms with Crippen LogP contribution in [0.3, 0.4) is 0 Å². The number of thiazole rings is 1. The molecule has 0 bridgehead atoms. The molecule has 0 aliphatic carbocycles. The van der Waals surface area contributed by atoms with E-state index in [0.29, 0.717) is 5.89 Å². The normalized spacial score (nSPS) is 12.0. The molecule has 0 saturated heterocycles. The Kier molecular flexibility index (Phi) is 3.94. The van der Waals surface area contributed by atoms with E-state index in [1.165, 1.54) is 35.7 Å². The summed E-state index contributed by atoms with van der Waals surface area (Å²) < 4.78 is 9.91. The highest BCUT2D eigenvalue weighted by Gasteiger charge is 2.17. The van der Waals surface area contributed by atoms with Crippen molar-refractivity contribution in [3.8, 4) is 20.7 Å². The van der Waals surface area contributed by atoms with Gasteiger partial charge in [0.2, 0.25) is 5.89 Å². The molecule has 4 aromatic heterocycles. The molecule has 0 amide bonds. The molecule has 0 aliphatic rings. The van der Waals surface area contributed by atoms with Gasteiger partial charge in [-0.1, -0.05) is 12.1 Å². The number of aromatic nitrogens is 2. The molecule has 6 rings (SSSR count). The molecule has 148 valence electrons. The number of thiophene rings is 2. The Morgan fingerprint density at radius 2 is 1.33 bits per heavy atom. The van der Waals surface area contributed by atoms with Crippen LogP contribution in [0.4, 0.5) is 0 Å². The second-order valence-corrected chi connectivity index (χ2v) is 11.0. The van der Waals surface area contributed by atoms with E-state index >= 15 is 0 Å². The molecular weight excluding hydrogens is 428 g/mol.